The van der Waals surface area contributed by atoms with Crippen molar-refractivity contribution in [3.05, 3.63) is 187 Å². The summed E-state index contributed by atoms with van der Waals surface area (Å²) < 4.78 is 0. The van der Waals surface area contributed by atoms with Crippen molar-refractivity contribution in [2.45, 2.75) is 12.8 Å². The Hall–Kier alpha value is -6.24. The fourth-order valence-corrected chi connectivity index (χ4v) is 8.49. The topological polar surface area (TPSA) is 0 Å². The van der Waals surface area contributed by atoms with E-state index in [2.05, 4.69) is 182 Å². The van der Waals surface area contributed by atoms with Gasteiger partial charge in [0, 0.05) is 0 Å². The molecule has 0 heterocycles. The van der Waals surface area contributed by atoms with Crippen LogP contribution in [0.2, 0.25) is 0 Å². The second-order valence-electron chi connectivity index (χ2n) is 13.5. The molecule has 0 nitrogen and oxygen atoms in total. The van der Waals surface area contributed by atoms with Crippen LogP contribution in [0.15, 0.2) is 176 Å². The highest BCUT2D eigenvalue weighted by atomic mass is 14.2. The number of hydrogen-bond acceptors (Lipinski definition) is 0. The van der Waals surface area contributed by atoms with Crippen LogP contribution in [0.4, 0.5) is 0 Å². The van der Waals surface area contributed by atoms with Gasteiger partial charge in [-0.3, -0.25) is 0 Å². The number of fused-ring (bicyclic) bond motifs is 8. The highest BCUT2D eigenvalue weighted by molar-refractivity contribution is 6.23. The zero-order valence-electron chi connectivity index (χ0n) is 27.7. The van der Waals surface area contributed by atoms with Gasteiger partial charge in [0.15, 0.2) is 0 Å². The van der Waals surface area contributed by atoms with Crippen LogP contribution in [0, 0.1) is 0 Å². The van der Waals surface area contributed by atoms with Gasteiger partial charge in [-0.05, 0) is 124 Å². The Balaban J connectivity index is 1.31. The number of aryl methyl sites for hydroxylation is 1. The van der Waals surface area contributed by atoms with Crippen molar-refractivity contribution in [2.24, 2.45) is 0 Å². The Bertz CT molecular complexity index is 2730. The molecule has 50 heavy (non-hydrogen) atoms. The smallest absolute Gasteiger partial charge is 0.00199 e. The van der Waals surface area contributed by atoms with Crippen molar-refractivity contribution in [2.75, 3.05) is 0 Å². The third-order valence-electron chi connectivity index (χ3n) is 10.7. The van der Waals surface area contributed by atoms with E-state index in [1.54, 1.807) is 0 Å². The maximum absolute atomic E-state index is 2.48. The maximum atomic E-state index is 2.48. The quantitative estimate of drug-likeness (QED) is 0.133. The van der Waals surface area contributed by atoms with E-state index in [0.29, 0.717) is 0 Å². The van der Waals surface area contributed by atoms with Gasteiger partial charge in [-0.1, -0.05) is 170 Å². The van der Waals surface area contributed by atoms with Gasteiger partial charge < -0.3 is 0 Å². The molecule has 0 heteroatoms. The lowest BCUT2D eigenvalue weighted by atomic mass is 9.82. The second kappa shape index (κ2) is 11.7. The molecule has 0 fully saturated rings. The summed E-state index contributed by atoms with van der Waals surface area (Å²) >= 11 is 0. The Kier molecular flexibility index (Phi) is 6.74. The van der Waals surface area contributed by atoms with Crippen LogP contribution < -0.4 is 0 Å². The number of hydrogen-bond donors (Lipinski definition) is 0. The Morgan fingerprint density at radius 1 is 0.320 bits per heavy atom. The summed E-state index contributed by atoms with van der Waals surface area (Å²) in [5.74, 6) is 0. The van der Waals surface area contributed by atoms with Gasteiger partial charge in [0.2, 0.25) is 0 Å². The number of rotatable bonds is 4. The summed E-state index contributed by atoms with van der Waals surface area (Å²) in [7, 11) is 0. The highest BCUT2D eigenvalue weighted by Gasteiger charge is 2.21. The minimum absolute atomic E-state index is 1.06. The monoisotopic (exact) mass is 634 g/mol. The molecule has 0 N–H and O–H groups in total. The SMILES string of the molecule is C1=Cc2c(c3cc(-c4ccc(-c5ccccc5)cc4-c4c5ccccc5c(-c5ccccc5)c5ccccc45)ccc3c3ccccc23)CC1. The Labute approximate surface area is 292 Å². The van der Waals surface area contributed by atoms with E-state index in [-0.39, 0.29) is 0 Å². The van der Waals surface area contributed by atoms with E-state index in [0.717, 1.165) is 12.8 Å². The molecule has 0 amide bonds. The molecule has 1 aliphatic carbocycles. The zero-order chi connectivity index (χ0) is 33.0. The largest absolute Gasteiger partial charge is 0.0836 e. The molecule has 0 radical (unpaired) electrons. The average molecular weight is 635 g/mol. The fraction of sp³-hybridized carbons (Fsp3) is 0.0400. The standard InChI is InChI=1S/C50H34/c1-3-15-33(16-4-1)35-27-29-37(36-28-30-42-40-21-8-7-19-38(40)39-20-9-10-22-41(39)47(42)32-36)48(31-35)50-45-25-13-11-23-43(45)49(34-17-5-2-6-18-34)44-24-12-14-26-46(44)50/h1-9,11-21,23-32H,10,22H2. The molecule has 0 bridgehead atoms. The van der Waals surface area contributed by atoms with Crippen molar-refractivity contribution in [3.8, 4) is 44.5 Å². The van der Waals surface area contributed by atoms with Crippen LogP contribution in [-0.4, -0.2) is 0 Å². The van der Waals surface area contributed by atoms with Gasteiger partial charge in [-0.2, -0.15) is 0 Å². The first-order chi connectivity index (χ1) is 24.8. The molecule has 0 saturated carbocycles. The van der Waals surface area contributed by atoms with E-state index in [9.17, 15) is 0 Å². The van der Waals surface area contributed by atoms with Crippen LogP contribution in [0.3, 0.4) is 0 Å². The third kappa shape index (κ3) is 4.53. The van der Waals surface area contributed by atoms with Crippen molar-refractivity contribution in [1.82, 2.24) is 0 Å². The van der Waals surface area contributed by atoms with Gasteiger partial charge in [0.05, 0.1) is 0 Å². The first-order valence-electron chi connectivity index (χ1n) is 17.7. The highest BCUT2D eigenvalue weighted by Crippen LogP contribution is 2.48. The summed E-state index contributed by atoms with van der Waals surface area (Å²) in [6.45, 7) is 0. The number of benzene rings is 9. The molecule has 0 aromatic heterocycles. The van der Waals surface area contributed by atoms with Gasteiger partial charge >= 0.3 is 0 Å². The predicted molar refractivity (Wildman–Crippen MR) is 216 cm³/mol. The van der Waals surface area contributed by atoms with Crippen molar-refractivity contribution < 1.29 is 0 Å². The van der Waals surface area contributed by atoms with Crippen LogP contribution in [0.5, 0.6) is 0 Å². The third-order valence-corrected chi connectivity index (χ3v) is 10.7. The summed E-state index contributed by atoms with van der Waals surface area (Å²) in [6.07, 6.45) is 6.82. The first-order valence-corrected chi connectivity index (χ1v) is 17.7. The molecule has 9 aromatic rings. The maximum Gasteiger partial charge on any atom is -0.00199 e. The van der Waals surface area contributed by atoms with Crippen LogP contribution >= 0.6 is 0 Å². The van der Waals surface area contributed by atoms with E-state index in [4.69, 9.17) is 0 Å². The molecule has 0 atom stereocenters. The lowest BCUT2D eigenvalue weighted by Gasteiger charge is -2.22. The van der Waals surface area contributed by atoms with Crippen LogP contribution in [0.25, 0.3) is 93.7 Å². The summed E-state index contributed by atoms with van der Waals surface area (Å²) in [5.41, 5.74) is 12.9. The van der Waals surface area contributed by atoms with E-state index in [1.165, 1.54) is 98.7 Å². The molecule has 0 saturated heterocycles. The molecule has 9 aromatic carbocycles. The minimum atomic E-state index is 1.06. The Morgan fingerprint density at radius 2 is 0.860 bits per heavy atom. The Morgan fingerprint density at radius 3 is 1.54 bits per heavy atom. The van der Waals surface area contributed by atoms with Gasteiger partial charge in [-0.25, -0.2) is 0 Å². The summed E-state index contributed by atoms with van der Waals surface area (Å²) in [4.78, 5) is 0. The van der Waals surface area contributed by atoms with Crippen molar-refractivity contribution in [3.63, 3.8) is 0 Å². The van der Waals surface area contributed by atoms with Gasteiger partial charge in [-0.15, -0.1) is 0 Å². The van der Waals surface area contributed by atoms with Gasteiger partial charge in [0.25, 0.3) is 0 Å². The molecule has 0 spiro atoms. The second-order valence-corrected chi connectivity index (χ2v) is 13.5. The lowest BCUT2D eigenvalue weighted by Crippen LogP contribution is -1.98. The van der Waals surface area contributed by atoms with Crippen molar-refractivity contribution >= 4 is 49.2 Å². The first kappa shape index (κ1) is 28.7. The van der Waals surface area contributed by atoms with E-state index < -0.39 is 0 Å². The molecule has 1 aliphatic rings. The molecular formula is C50H34. The predicted octanol–water partition coefficient (Wildman–Crippen LogP) is 13.9. The van der Waals surface area contributed by atoms with Crippen LogP contribution in [-0.2, 0) is 6.42 Å². The lowest BCUT2D eigenvalue weighted by molar-refractivity contribution is 1.00. The molecule has 0 aliphatic heterocycles. The molecule has 0 unspecified atom stereocenters. The van der Waals surface area contributed by atoms with Crippen molar-refractivity contribution in [1.29, 1.82) is 0 Å². The fourth-order valence-electron chi connectivity index (χ4n) is 8.49. The average Bonchev–Trinajstić information content (AvgIpc) is 3.20. The van der Waals surface area contributed by atoms with Gasteiger partial charge in [0.1, 0.15) is 0 Å². The molecule has 234 valence electrons. The van der Waals surface area contributed by atoms with E-state index >= 15 is 0 Å². The zero-order valence-corrected chi connectivity index (χ0v) is 27.7. The molecule has 10 rings (SSSR count). The summed E-state index contributed by atoms with van der Waals surface area (Å²) in [6, 6.07) is 62.9. The van der Waals surface area contributed by atoms with Crippen LogP contribution in [0.1, 0.15) is 17.5 Å². The van der Waals surface area contributed by atoms with E-state index in [1.807, 2.05) is 0 Å². The normalized spacial score (nSPS) is 12.6. The summed E-state index contributed by atoms with van der Waals surface area (Å²) in [5, 5.41) is 10.5. The minimum Gasteiger partial charge on any atom is -0.0836 e. The number of allylic oxidation sites excluding steroid dienone is 1. The molecular weight excluding hydrogens is 601 g/mol.